The fourth-order valence-electron chi connectivity index (χ4n) is 2.51. The van der Waals surface area contributed by atoms with E-state index in [1.165, 1.54) is 6.92 Å². The zero-order valence-corrected chi connectivity index (χ0v) is 14.6. The summed E-state index contributed by atoms with van der Waals surface area (Å²) in [7, 11) is -3.45. The van der Waals surface area contributed by atoms with Crippen molar-refractivity contribution in [2.24, 2.45) is 11.8 Å². The summed E-state index contributed by atoms with van der Waals surface area (Å²) in [4.78, 5) is 21.9. The second kappa shape index (κ2) is 6.88. The number of aliphatic carboxylic acids is 1. The molecule has 1 unspecified atom stereocenters. The smallest absolute Gasteiger partial charge is 0.416 e. The quantitative estimate of drug-likeness (QED) is 0.764. The van der Waals surface area contributed by atoms with Crippen molar-refractivity contribution >= 4 is 22.0 Å². The molecular weight excluding hydrogens is 379 g/mol. The van der Waals surface area contributed by atoms with Gasteiger partial charge < -0.3 is 9.84 Å². The second-order valence-corrected chi connectivity index (χ2v) is 7.82. The lowest BCUT2D eigenvalue weighted by atomic mass is 9.89. The number of hydrogen-bond donors (Lipinski definition) is 1. The van der Waals surface area contributed by atoms with Crippen molar-refractivity contribution in [3.05, 3.63) is 29.3 Å². The van der Waals surface area contributed by atoms with Gasteiger partial charge >= 0.3 is 18.1 Å². The number of ether oxygens (including phenoxy) is 1. The van der Waals surface area contributed by atoms with Crippen molar-refractivity contribution in [2.75, 3.05) is 20.2 Å². The third kappa shape index (κ3) is 3.68. The number of carbonyl (C=O) groups excluding carboxylic acids is 1. The van der Waals surface area contributed by atoms with Crippen LogP contribution in [0, 0.1) is 11.8 Å². The fourth-order valence-corrected chi connectivity index (χ4v) is 4.27. The average molecular weight is 395 g/mol. The van der Waals surface area contributed by atoms with E-state index in [1.54, 1.807) is 0 Å². The zero-order chi connectivity index (χ0) is 19.9. The highest BCUT2D eigenvalue weighted by Gasteiger charge is 2.43. The Balaban J connectivity index is 2.42. The van der Waals surface area contributed by atoms with E-state index in [0.717, 1.165) is 17.5 Å². The molecule has 0 amide bonds. The first-order chi connectivity index (χ1) is 11.9. The highest BCUT2D eigenvalue weighted by Crippen LogP contribution is 2.35. The molecule has 1 aliphatic heterocycles. The van der Waals surface area contributed by atoms with Crippen LogP contribution in [0.5, 0.6) is 0 Å². The molecule has 7 nitrogen and oxygen atoms in total. The van der Waals surface area contributed by atoms with E-state index < -0.39 is 56.0 Å². The maximum Gasteiger partial charge on any atom is 0.416 e. The number of alkyl halides is 3. The normalized spacial score (nSPS) is 17.4. The van der Waals surface area contributed by atoms with E-state index in [2.05, 4.69) is 4.74 Å². The molecule has 2 rings (SSSR count). The maximum atomic E-state index is 12.9. The summed E-state index contributed by atoms with van der Waals surface area (Å²) in [6.45, 7) is 1.10. The number of sulfonamides is 1. The molecule has 0 radical (unpaired) electrons. The van der Waals surface area contributed by atoms with Gasteiger partial charge in [-0.15, -0.1) is 0 Å². The number of carboxylic acid groups (broad SMARTS) is 1. The lowest BCUT2D eigenvalue weighted by Gasteiger charge is -2.40. The molecule has 0 aliphatic carbocycles. The average Bonchev–Trinajstić information content (AvgIpc) is 2.50. The minimum absolute atomic E-state index is 0.160. The summed E-state index contributed by atoms with van der Waals surface area (Å²) in [6.07, 6.45) is -4.80. The van der Waals surface area contributed by atoms with Gasteiger partial charge in [-0.2, -0.15) is 17.5 Å². The van der Waals surface area contributed by atoms with Crippen LogP contribution in [0.1, 0.15) is 22.8 Å². The third-order valence-corrected chi connectivity index (χ3v) is 6.18. The molecular formula is C15H16F3NO6S. The summed E-state index contributed by atoms with van der Waals surface area (Å²) in [5.41, 5.74) is -1.74. The van der Waals surface area contributed by atoms with Crippen LogP contribution in [-0.4, -0.2) is 50.0 Å². The van der Waals surface area contributed by atoms with Crippen LogP contribution in [-0.2, 0) is 25.7 Å². The van der Waals surface area contributed by atoms with Gasteiger partial charge in [-0.05, 0) is 24.1 Å². The Morgan fingerprint density at radius 2 is 1.88 bits per heavy atom. The van der Waals surface area contributed by atoms with Crippen LogP contribution in [0.15, 0.2) is 23.1 Å². The molecule has 11 heteroatoms. The van der Waals surface area contributed by atoms with Crippen molar-refractivity contribution in [3.63, 3.8) is 0 Å². The highest BCUT2D eigenvalue weighted by atomic mass is 32.2. The van der Waals surface area contributed by atoms with E-state index >= 15 is 0 Å². The summed E-state index contributed by atoms with van der Waals surface area (Å²) in [6, 6.07) is 1.73. The van der Waals surface area contributed by atoms with Crippen LogP contribution in [0.2, 0.25) is 0 Å². The summed E-state index contributed by atoms with van der Waals surface area (Å²) >= 11 is 0. The number of carbonyl (C=O) groups is 2. The van der Waals surface area contributed by atoms with E-state index in [4.69, 9.17) is 5.11 Å². The van der Waals surface area contributed by atoms with Crippen molar-refractivity contribution in [1.29, 1.82) is 0 Å². The van der Waals surface area contributed by atoms with E-state index in [-0.39, 0.29) is 13.1 Å². The monoisotopic (exact) mass is 395 g/mol. The Labute approximate surface area is 147 Å². The van der Waals surface area contributed by atoms with Gasteiger partial charge in [0.1, 0.15) is 0 Å². The lowest BCUT2D eigenvalue weighted by molar-refractivity contribution is -0.144. The van der Waals surface area contributed by atoms with Crippen LogP contribution in [0.4, 0.5) is 13.2 Å². The van der Waals surface area contributed by atoms with Gasteiger partial charge in [-0.3, -0.25) is 4.79 Å². The standard InChI is InChI=1S/C15H16F3NO6S/c1-8(13(20)21)9-6-19(7-9)26(23,24)12-5-10(15(16,17)18)3-4-11(12)14(22)25-2/h3-5,8-9H,6-7H2,1-2H3,(H,20,21). The molecule has 1 N–H and O–H groups in total. The van der Waals surface area contributed by atoms with Gasteiger partial charge in [0.05, 0.1) is 29.1 Å². The van der Waals surface area contributed by atoms with Gasteiger partial charge in [-0.1, -0.05) is 6.92 Å². The Morgan fingerprint density at radius 3 is 2.35 bits per heavy atom. The van der Waals surface area contributed by atoms with Crippen molar-refractivity contribution in [2.45, 2.75) is 18.0 Å². The molecule has 0 saturated carbocycles. The number of benzene rings is 1. The predicted octanol–water partition coefficient (Wildman–Crippen LogP) is 1.83. The zero-order valence-electron chi connectivity index (χ0n) is 13.8. The molecule has 0 aromatic heterocycles. The van der Waals surface area contributed by atoms with Crippen molar-refractivity contribution < 1.29 is 41.0 Å². The van der Waals surface area contributed by atoms with Gasteiger partial charge in [0.2, 0.25) is 10.0 Å². The van der Waals surface area contributed by atoms with Gasteiger partial charge in [0, 0.05) is 13.1 Å². The molecule has 1 fully saturated rings. The molecule has 1 saturated heterocycles. The molecule has 0 spiro atoms. The van der Waals surface area contributed by atoms with E-state index in [9.17, 15) is 31.2 Å². The molecule has 1 aromatic carbocycles. The molecule has 1 aromatic rings. The largest absolute Gasteiger partial charge is 0.481 e. The predicted molar refractivity (Wildman–Crippen MR) is 81.8 cm³/mol. The molecule has 1 heterocycles. The minimum Gasteiger partial charge on any atom is -0.481 e. The minimum atomic E-state index is -4.80. The summed E-state index contributed by atoms with van der Waals surface area (Å²) in [5, 5.41) is 8.94. The van der Waals surface area contributed by atoms with Crippen LogP contribution >= 0.6 is 0 Å². The highest BCUT2D eigenvalue weighted by molar-refractivity contribution is 7.89. The maximum absolute atomic E-state index is 12.9. The lowest BCUT2D eigenvalue weighted by Crippen LogP contribution is -2.53. The molecule has 1 aliphatic rings. The number of carboxylic acids is 1. The molecule has 1 atom stereocenters. The number of nitrogens with zero attached hydrogens (tertiary/aromatic N) is 1. The first-order valence-electron chi connectivity index (χ1n) is 7.42. The van der Waals surface area contributed by atoms with Crippen LogP contribution in [0.3, 0.4) is 0 Å². The first-order valence-corrected chi connectivity index (χ1v) is 8.86. The van der Waals surface area contributed by atoms with E-state index in [0.29, 0.717) is 12.1 Å². The Kier molecular flexibility index (Phi) is 5.34. The van der Waals surface area contributed by atoms with Gasteiger partial charge in [0.15, 0.2) is 0 Å². The van der Waals surface area contributed by atoms with Crippen LogP contribution in [0.25, 0.3) is 0 Å². The fraction of sp³-hybridized carbons (Fsp3) is 0.467. The Bertz CT molecular complexity index is 830. The second-order valence-electron chi connectivity index (χ2n) is 5.91. The number of halogens is 3. The first kappa shape index (κ1) is 20.2. The summed E-state index contributed by atoms with van der Waals surface area (Å²) in [5.74, 6) is -3.45. The van der Waals surface area contributed by atoms with Crippen molar-refractivity contribution in [3.8, 4) is 0 Å². The van der Waals surface area contributed by atoms with Crippen LogP contribution < -0.4 is 0 Å². The molecule has 144 valence electrons. The number of hydrogen-bond acceptors (Lipinski definition) is 5. The van der Waals surface area contributed by atoms with E-state index in [1.807, 2.05) is 0 Å². The molecule has 26 heavy (non-hydrogen) atoms. The Hall–Kier alpha value is -2.14. The SMILES string of the molecule is COC(=O)c1ccc(C(F)(F)F)cc1S(=O)(=O)N1CC(C(C)C(=O)O)C1. The van der Waals surface area contributed by atoms with Gasteiger partial charge in [0.25, 0.3) is 0 Å². The van der Waals surface area contributed by atoms with Crippen molar-refractivity contribution in [1.82, 2.24) is 4.31 Å². The number of methoxy groups -OCH3 is 1. The topological polar surface area (TPSA) is 101 Å². The summed E-state index contributed by atoms with van der Waals surface area (Å²) < 4.78 is 69.4. The number of rotatable bonds is 5. The third-order valence-electron chi connectivity index (χ3n) is 4.30. The van der Waals surface area contributed by atoms with Gasteiger partial charge in [-0.25, -0.2) is 13.2 Å². The Morgan fingerprint density at radius 1 is 1.31 bits per heavy atom. The number of esters is 1. The molecule has 0 bridgehead atoms.